The fourth-order valence-corrected chi connectivity index (χ4v) is 4.44. The van der Waals surface area contributed by atoms with E-state index in [4.69, 9.17) is 0 Å². The Bertz CT molecular complexity index is 599. The molecule has 110 valence electrons. The fourth-order valence-electron chi connectivity index (χ4n) is 2.67. The second-order valence-electron chi connectivity index (χ2n) is 5.26. The molecule has 2 aliphatic rings. The van der Waals surface area contributed by atoms with Crippen LogP contribution in [-0.2, 0) is 16.4 Å². The minimum absolute atomic E-state index is 0.177. The lowest BCUT2D eigenvalue weighted by Gasteiger charge is -2.14. The summed E-state index contributed by atoms with van der Waals surface area (Å²) in [6.45, 7) is 1.88. The standard InChI is InChI=1S/C12H18N4O3S/c17-11(14-7-9-3-1-6-20(9,18)19)10-8-16-5-2-4-13-12(16)15-10/h8-9H,1-7H2,(H,13,15)(H,14,17). The van der Waals surface area contributed by atoms with E-state index in [0.29, 0.717) is 24.5 Å². The van der Waals surface area contributed by atoms with Crippen LogP contribution in [0.3, 0.4) is 0 Å². The number of amides is 1. The van der Waals surface area contributed by atoms with Crippen molar-refractivity contribution in [3.8, 4) is 0 Å². The van der Waals surface area contributed by atoms with Gasteiger partial charge in [-0.15, -0.1) is 0 Å². The van der Waals surface area contributed by atoms with E-state index in [1.807, 2.05) is 4.57 Å². The predicted octanol–water partition coefficient (Wildman–Crippen LogP) is 0.00570. The first-order valence-electron chi connectivity index (χ1n) is 6.87. The van der Waals surface area contributed by atoms with Gasteiger partial charge in [0.2, 0.25) is 5.95 Å². The summed E-state index contributed by atoms with van der Waals surface area (Å²) >= 11 is 0. The number of sulfone groups is 1. The minimum atomic E-state index is -3.02. The van der Waals surface area contributed by atoms with E-state index in [1.165, 1.54) is 0 Å². The highest BCUT2D eigenvalue weighted by Gasteiger charge is 2.31. The zero-order valence-corrected chi connectivity index (χ0v) is 11.9. The van der Waals surface area contributed by atoms with Gasteiger partial charge in [0.25, 0.3) is 5.91 Å². The first kappa shape index (κ1) is 13.4. The molecule has 20 heavy (non-hydrogen) atoms. The van der Waals surface area contributed by atoms with Crippen molar-refractivity contribution in [1.82, 2.24) is 14.9 Å². The normalized spacial score (nSPS) is 23.9. The molecule has 0 spiro atoms. The third kappa shape index (κ3) is 2.52. The number of aryl methyl sites for hydroxylation is 1. The average molecular weight is 298 g/mol. The molecule has 0 aliphatic carbocycles. The van der Waals surface area contributed by atoms with Gasteiger partial charge in [-0.25, -0.2) is 13.4 Å². The van der Waals surface area contributed by atoms with Gasteiger partial charge in [0.05, 0.1) is 11.0 Å². The highest BCUT2D eigenvalue weighted by Crippen LogP contribution is 2.19. The molecule has 8 heteroatoms. The molecule has 1 saturated heterocycles. The maximum Gasteiger partial charge on any atom is 0.271 e. The number of rotatable bonds is 3. The second-order valence-corrected chi connectivity index (χ2v) is 7.67. The Kier molecular flexibility index (Phi) is 3.41. The Hall–Kier alpha value is -1.57. The zero-order valence-electron chi connectivity index (χ0n) is 11.1. The molecular formula is C12H18N4O3S. The number of anilines is 1. The van der Waals surface area contributed by atoms with Crippen LogP contribution in [0.2, 0.25) is 0 Å². The van der Waals surface area contributed by atoms with Crippen LogP contribution in [0, 0.1) is 0 Å². The van der Waals surface area contributed by atoms with Gasteiger partial charge >= 0.3 is 0 Å². The van der Waals surface area contributed by atoms with Crippen molar-refractivity contribution in [1.29, 1.82) is 0 Å². The molecule has 0 aromatic carbocycles. The van der Waals surface area contributed by atoms with Crippen LogP contribution in [0.15, 0.2) is 6.20 Å². The molecular weight excluding hydrogens is 280 g/mol. The zero-order chi connectivity index (χ0) is 14.2. The van der Waals surface area contributed by atoms with Crippen LogP contribution in [0.25, 0.3) is 0 Å². The highest BCUT2D eigenvalue weighted by molar-refractivity contribution is 7.92. The summed E-state index contributed by atoms with van der Waals surface area (Å²) in [7, 11) is -3.02. The first-order chi connectivity index (χ1) is 9.56. The van der Waals surface area contributed by atoms with Crippen molar-refractivity contribution in [3.63, 3.8) is 0 Å². The van der Waals surface area contributed by atoms with Gasteiger partial charge in [0.15, 0.2) is 9.84 Å². The topological polar surface area (TPSA) is 93.1 Å². The molecule has 3 rings (SSSR count). The molecule has 0 bridgehead atoms. The molecule has 1 fully saturated rings. The van der Waals surface area contributed by atoms with Crippen LogP contribution in [-0.4, -0.2) is 48.0 Å². The van der Waals surface area contributed by atoms with Crippen molar-refractivity contribution >= 4 is 21.7 Å². The number of carbonyl (C=O) groups is 1. The maximum absolute atomic E-state index is 12.0. The van der Waals surface area contributed by atoms with Crippen molar-refractivity contribution in [3.05, 3.63) is 11.9 Å². The highest BCUT2D eigenvalue weighted by atomic mass is 32.2. The van der Waals surface area contributed by atoms with E-state index in [2.05, 4.69) is 15.6 Å². The summed E-state index contributed by atoms with van der Waals surface area (Å²) < 4.78 is 25.3. The Morgan fingerprint density at radius 2 is 2.35 bits per heavy atom. The van der Waals surface area contributed by atoms with Crippen molar-refractivity contribution < 1.29 is 13.2 Å². The molecule has 0 radical (unpaired) electrons. The van der Waals surface area contributed by atoms with Crippen LogP contribution < -0.4 is 10.6 Å². The summed E-state index contributed by atoms with van der Waals surface area (Å²) in [6, 6.07) is 0. The lowest BCUT2D eigenvalue weighted by atomic mass is 10.2. The number of aromatic nitrogens is 2. The number of carbonyl (C=O) groups excluding carboxylic acids is 1. The molecule has 1 atom stereocenters. The molecule has 1 aromatic rings. The molecule has 1 amide bonds. The van der Waals surface area contributed by atoms with E-state index in [-0.39, 0.29) is 18.2 Å². The molecule has 7 nitrogen and oxygen atoms in total. The van der Waals surface area contributed by atoms with Gasteiger partial charge in [0, 0.05) is 25.8 Å². The first-order valence-corrected chi connectivity index (χ1v) is 8.58. The summed E-state index contributed by atoms with van der Waals surface area (Å²) in [6.07, 6.45) is 4.03. The number of nitrogens with one attached hydrogen (secondary N) is 2. The molecule has 1 aromatic heterocycles. The maximum atomic E-state index is 12.0. The number of hydrogen-bond acceptors (Lipinski definition) is 5. The van der Waals surface area contributed by atoms with E-state index in [9.17, 15) is 13.2 Å². The van der Waals surface area contributed by atoms with Crippen LogP contribution in [0.5, 0.6) is 0 Å². The van der Waals surface area contributed by atoms with E-state index in [1.54, 1.807) is 6.20 Å². The summed E-state index contributed by atoms with van der Waals surface area (Å²) in [5.41, 5.74) is 0.338. The summed E-state index contributed by atoms with van der Waals surface area (Å²) in [5, 5.41) is 5.37. The minimum Gasteiger partial charge on any atom is -0.356 e. The van der Waals surface area contributed by atoms with E-state index in [0.717, 1.165) is 19.5 Å². The van der Waals surface area contributed by atoms with Crippen molar-refractivity contribution in [2.24, 2.45) is 0 Å². The van der Waals surface area contributed by atoms with Gasteiger partial charge in [-0.05, 0) is 19.3 Å². The molecule has 2 N–H and O–H groups in total. The van der Waals surface area contributed by atoms with Crippen LogP contribution >= 0.6 is 0 Å². The third-order valence-corrected chi connectivity index (χ3v) is 6.10. The second kappa shape index (κ2) is 5.08. The number of nitrogens with zero attached hydrogens (tertiary/aromatic N) is 2. The number of fused-ring (bicyclic) bond motifs is 1. The van der Waals surface area contributed by atoms with E-state index >= 15 is 0 Å². The van der Waals surface area contributed by atoms with Crippen LogP contribution in [0.4, 0.5) is 5.95 Å². The van der Waals surface area contributed by atoms with Gasteiger partial charge in [0.1, 0.15) is 5.69 Å². The smallest absolute Gasteiger partial charge is 0.271 e. The predicted molar refractivity (Wildman–Crippen MR) is 74.5 cm³/mol. The number of hydrogen-bond donors (Lipinski definition) is 2. The summed E-state index contributed by atoms with van der Waals surface area (Å²) in [5.74, 6) is 0.627. The van der Waals surface area contributed by atoms with Gasteiger partial charge < -0.3 is 15.2 Å². The molecule has 2 aliphatic heterocycles. The lowest BCUT2D eigenvalue weighted by molar-refractivity contribution is 0.0949. The van der Waals surface area contributed by atoms with Gasteiger partial charge in [-0.1, -0.05) is 0 Å². The van der Waals surface area contributed by atoms with Gasteiger partial charge in [-0.3, -0.25) is 4.79 Å². The Morgan fingerprint density at radius 1 is 1.50 bits per heavy atom. The van der Waals surface area contributed by atoms with Gasteiger partial charge in [-0.2, -0.15) is 0 Å². The largest absolute Gasteiger partial charge is 0.356 e. The molecule has 3 heterocycles. The Morgan fingerprint density at radius 3 is 3.05 bits per heavy atom. The van der Waals surface area contributed by atoms with E-state index < -0.39 is 15.1 Å². The third-order valence-electron chi connectivity index (χ3n) is 3.82. The quantitative estimate of drug-likeness (QED) is 0.819. The molecule has 0 saturated carbocycles. The number of imidazole rings is 1. The monoisotopic (exact) mass is 298 g/mol. The average Bonchev–Trinajstić information content (AvgIpc) is 2.98. The lowest BCUT2D eigenvalue weighted by Crippen LogP contribution is -2.34. The summed E-state index contributed by atoms with van der Waals surface area (Å²) in [4.78, 5) is 16.2. The Balaban J connectivity index is 1.63. The van der Waals surface area contributed by atoms with Crippen molar-refractivity contribution in [2.75, 3.05) is 24.2 Å². The Labute approximate surface area is 117 Å². The SMILES string of the molecule is O=C(NCC1CCCS1(=O)=O)c1cn2c(n1)NCCC2. The fraction of sp³-hybridized carbons (Fsp3) is 0.667. The molecule has 1 unspecified atom stereocenters. The van der Waals surface area contributed by atoms with Crippen LogP contribution in [0.1, 0.15) is 29.8 Å². The van der Waals surface area contributed by atoms with Crippen molar-refractivity contribution in [2.45, 2.75) is 31.1 Å².